The lowest BCUT2D eigenvalue weighted by molar-refractivity contribution is -0.139. The molecule has 0 aromatic heterocycles. The van der Waals surface area contributed by atoms with E-state index in [9.17, 15) is 4.79 Å². The first-order chi connectivity index (χ1) is 7.49. The Kier molecular flexibility index (Phi) is 4.42. The minimum atomic E-state index is -0.728. The van der Waals surface area contributed by atoms with Gasteiger partial charge in [-0.15, -0.1) is 11.8 Å². The first kappa shape index (κ1) is 13.1. The van der Waals surface area contributed by atoms with E-state index >= 15 is 0 Å². The summed E-state index contributed by atoms with van der Waals surface area (Å²) in [7, 11) is 0. The Bertz CT molecular complexity index is 376. The van der Waals surface area contributed by atoms with Crippen LogP contribution in [0.2, 0.25) is 0 Å². The number of hydrogen-bond donors (Lipinski definition) is 1. The van der Waals surface area contributed by atoms with Crippen molar-refractivity contribution in [1.29, 1.82) is 0 Å². The molecule has 88 valence electrons. The molecule has 16 heavy (non-hydrogen) atoms. The van der Waals surface area contributed by atoms with Crippen LogP contribution in [0.25, 0.3) is 0 Å². The van der Waals surface area contributed by atoms with Gasteiger partial charge in [0, 0.05) is 5.75 Å². The lowest BCUT2D eigenvalue weighted by Crippen LogP contribution is -2.30. The molecule has 2 nitrogen and oxygen atoms in total. The Morgan fingerprint density at radius 1 is 1.44 bits per heavy atom. The van der Waals surface area contributed by atoms with Gasteiger partial charge in [0.25, 0.3) is 0 Å². The maximum Gasteiger partial charge on any atom is 0.319 e. The second kappa shape index (κ2) is 5.39. The van der Waals surface area contributed by atoms with Crippen LogP contribution in [0.15, 0.2) is 24.3 Å². The average Bonchev–Trinajstić information content (AvgIpc) is 2.27. The Balaban J connectivity index is 2.71. The van der Waals surface area contributed by atoms with Crippen LogP contribution in [0.3, 0.4) is 0 Å². The van der Waals surface area contributed by atoms with Crippen LogP contribution in [-0.4, -0.2) is 15.8 Å². The molecular weight excluding hydrogens is 220 g/mol. The van der Waals surface area contributed by atoms with Gasteiger partial charge in [0.1, 0.15) is 4.75 Å². The Hall–Kier alpha value is -0.960. The number of carboxylic acids is 1. The fourth-order valence-electron chi connectivity index (χ4n) is 1.32. The maximum atomic E-state index is 11.1. The predicted octanol–water partition coefficient (Wildman–Crippen LogP) is 3.48. The normalized spacial score (nSPS) is 14.4. The van der Waals surface area contributed by atoms with Gasteiger partial charge in [0.2, 0.25) is 0 Å². The number of aryl methyl sites for hydroxylation is 1. The number of rotatable bonds is 5. The van der Waals surface area contributed by atoms with Gasteiger partial charge in [-0.25, -0.2) is 0 Å². The van der Waals surface area contributed by atoms with E-state index in [1.807, 2.05) is 19.1 Å². The molecule has 3 heteroatoms. The van der Waals surface area contributed by atoms with E-state index in [2.05, 4.69) is 19.1 Å². The molecule has 1 unspecified atom stereocenters. The van der Waals surface area contributed by atoms with Crippen molar-refractivity contribution in [3.8, 4) is 0 Å². The number of carboxylic acid groups (broad SMARTS) is 1. The Labute approximate surface area is 101 Å². The molecule has 1 atom stereocenters. The summed E-state index contributed by atoms with van der Waals surface area (Å²) >= 11 is 1.50. The highest BCUT2D eigenvalue weighted by molar-refractivity contribution is 8.00. The van der Waals surface area contributed by atoms with E-state index in [0.717, 1.165) is 5.75 Å². The van der Waals surface area contributed by atoms with E-state index in [0.29, 0.717) is 6.42 Å². The van der Waals surface area contributed by atoms with Crippen LogP contribution in [0.5, 0.6) is 0 Å². The van der Waals surface area contributed by atoms with Crippen molar-refractivity contribution in [2.75, 3.05) is 0 Å². The maximum absolute atomic E-state index is 11.1. The van der Waals surface area contributed by atoms with Gasteiger partial charge in [0.15, 0.2) is 0 Å². The molecule has 0 saturated carbocycles. The number of hydrogen-bond acceptors (Lipinski definition) is 2. The summed E-state index contributed by atoms with van der Waals surface area (Å²) in [5.74, 6) is 0.0251. The van der Waals surface area contributed by atoms with Gasteiger partial charge in [-0.3, -0.25) is 4.79 Å². The van der Waals surface area contributed by atoms with Crippen LogP contribution < -0.4 is 0 Å². The smallest absolute Gasteiger partial charge is 0.319 e. The Morgan fingerprint density at radius 3 is 2.56 bits per heavy atom. The van der Waals surface area contributed by atoms with Gasteiger partial charge in [-0.1, -0.05) is 31.2 Å². The largest absolute Gasteiger partial charge is 0.480 e. The summed E-state index contributed by atoms with van der Waals surface area (Å²) in [6.45, 7) is 5.76. The van der Waals surface area contributed by atoms with Crippen molar-refractivity contribution >= 4 is 17.7 Å². The second-order valence-electron chi connectivity index (χ2n) is 4.10. The zero-order valence-corrected chi connectivity index (χ0v) is 10.8. The standard InChI is InChI=1S/C13H18O2S/c1-4-13(3,12(14)15)16-9-11-8-6-5-7-10(11)2/h5-8H,4,9H2,1-3H3,(H,14,15). The van der Waals surface area contributed by atoms with Gasteiger partial charge in [-0.05, 0) is 31.4 Å². The van der Waals surface area contributed by atoms with Crippen molar-refractivity contribution in [3.63, 3.8) is 0 Å². The monoisotopic (exact) mass is 238 g/mol. The first-order valence-corrected chi connectivity index (χ1v) is 6.40. The summed E-state index contributed by atoms with van der Waals surface area (Å²) in [6.07, 6.45) is 0.638. The average molecular weight is 238 g/mol. The highest BCUT2D eigenvalue weighted by Gasteiger charge is 2.31. The predicted molar refractivity (Wildman–Crippen MR) is 68.8 cm³/mol. The Morgan fingerprint density at radius 2 is 2.06 bits per heavy atom. The van der Waals surface area contributed by atoms with Gasteiger partial charge in [0.05, 0.1) is 0 Å². The number of carbonyl (C=O) groups is 1. The SMILES string of the molecule is CCC(C)(SCc1ccccc1C)C(=O)O. The van der Waals surface area contributed by atoms with Crippen molar-refractivity contribution in [2.24, 2.45) is 0 Å². The van der Waals surface area contributed by atoms with E-state index < -0.39 is 10.7 Å². The van der Waals surface area contributed by atoms with Crippen molar-refractivity contribution in [1.82, 2.24) is 0 Å². The minimum Gasteiger partial charge on any atom is -0.480 e. The van der Waals surface area contributed by atoms with Crippen molar-refractivity contribution < 1.29 is 9.90 Å². The van der Waals surface area contributed by atoms with Crippen LogP contribution >= 0.6 is 11.8 Å². The molecule has 1 N–H and O–H groups in total. The third kappa shape index (κ3) is 3.01. The highest BCUT2D eigenvalue weighted by atomic mass is 32.2. The van der Waals surface area contributed by atoms with E-state index in [-0.39, 0.29) is 0 Å². The zero-order valence-electron chi connectivity index (χ0n) is 9.99. The van der Waals surface area contributed by atoms with Crippen LogP contribution in [0.4, 0.5) is 0 Å². The number of aliphatic carboxylic acids is 1. The lowest BCUT2D eigenvalue weighted by Gasteiger charge is -2.22. The quantitative estimate of drug-likeness (QED) is 0.853. The summed E-state index contributed by atoms with van der Waals surface area (Å²) in [5.41, 5.74) is 2.44. The molecule has 0 saturated heterocycles. The van der Waals surface area contributed by atoms with Gasteiger partial charge < -0.3 is 5.11 Å². The molecule has 0 aliphatic rings. The highest BCUT2D eigenvalue weighted by Crippen LogP contribution is 2.32. The van der Waals surface area contributed by atoms with Gasteiger partial charge in [-0.2, -0.15) is 0 Å². The van der Waals surface area contributed by atoms with Crippen molar-refractivity contribution in [2.45, 2.75) is 37.7 Å². The molecule has 0 fully saturated rings. The molecule has 0 spiro atoms. The summed E-state index contributed by atoms with van der Waals surface area (Å²) < 4.78 is -0.678. The molecular formula is C13H18O2S. The van der Waals surface area contributed by atoms with E-state index in [1.54, 1.807) is 6.92 Å². The molecule has 0 aliphatic carbocycles. The second-order valence-corrected chi connectivity index (χ2v) is 5.58. The molecule has 1 aromatic carbocycles. The molecule has 1 rings (SSSR count). The van der Waals surface area contributed by atoms with Crippen LogP contribution in [0.1, 0.15) is 31.4 Å². The number of thioether (sulfide) groups is 1. The van der Waals surface area contributed by atoms with Crippen LogP contribution in [-0.2, 0) is 10.5 Å². The third-order valence-corrected chi connectivity index (χ3v) is 4.49. The fraction of sp³-hybridized carbons (Fsp3) is 0.462. The summed E-state index contributed by atoms with van der Waals surface area (Å²) in [6, 6.07) is 8.10. The first-order valence-electron chi connectivity index (χ1n) is 5.41. The third-order valence-electron chi connectivity index (χ3n) is 2.93. The molecule has 0 aliphatic heterocycles. The minimum absolute atomic E-state index is 0.638. The van der Waals surface area contributed by atoms with E-state index in [1.165, 1.54) is 22.9 Å². The number of benzene rings is 1. The fourth-order valence-corrected chi connectivity index (χ4v) is 2.45. The summed E-state index contributed by atoms with van der Waals surface area (Å²) in [4.78, 5) is 11.1. The zero-order chi connectivity index (χ0) is 12.2. The topological polar surface area (TPSA) is 37.3 Å². The molecule has 0 heterocycles. The lowest BCUT2D eigenvalue weighted by atomic mass is 10.1. The van der Waals surface area contributed by atoms with Crippen LogP contribution in [0, 0.1) is 6.92 Å². The molecule has 0 radical (unpaired) electrons. The molecule has 1 aromatic rings. The van der Waals surface area contributed by atoms with Gasteiger partial charge >= 0.3 is 5.97 Å². The van der Waals surface area contributed by atoms with E-state index in [4.69, 9.17) is 5.11 Å². The van der Waals surface area contributed by atoms with Crippen molar-refractivity contribution in [3.05, 3.63) is 35.4 Å². The summed E-state index contributed by atoms with van der Waals surface area (Å²) in [5, 5.41) is 9.16. The molecule has 0 bridgehead atoms. The molecule has 0 amide bonds.